The fourth-order valence-electron chi connectivity index (χ4n) is 1.47. The molecule has 110 valence electrons. The average molecular weight is 299 g/mol. The van der Waals surface area contributed by atoms with Gasteiger partial charge < -0.3 is 10.0 Å². The zero-order valence-electron chi connectivity index (χ0n) is 11.4. The number of hydrogen-bond acceptors (Lipinski definition) is 5. The number of urea groups is 1. The van der Waals surface area contributed by atoms with E-state index < -0.39 is 17.9 Å². The van der Waals surface area contributed by atoms with Crippen LogP contribution < -0.4 is 5.32 Å². The van der Waals surface area contributed by atoms with Crippen LogP contribution in [0.5, 0.6) is 0 Å². The molecule has 0 unspecified atom stereocenters. The molecule has 0 aromatic carbocycles. The zero-order valence-corrected chi connectivity index (χ0v) is 12.2. The molecule has 0 bridgehead atoms. The van der Waals surface area contributed by atoms with Crippen LogP contribution in [-0.2, 0) is 16.1 Å². The third-order valence-corrected chi connectivity index (χ3v) is 3.28. The number of aryl methyl sites for hydroxylation is 1. The number of aliphatic carboxylic acids is 1. The van der Waals surface area contributed by atoms with Crippen molar-refractivity contribution in [1.82, 2.24) is 15.2 Å². The third kappa shape index (κ3) is 5.79. The number of hydrogen-bond donors (Lipinski definition) is 2. The number of rotatable bonds is 6. The molecule has 0 aliphatic heterocycles. The van der Waals surface area contributed by atoms with Crippen molar-refractivity contribution in [2.24, 2.45) is 0 Å². The molecule has 2 N–H and O–H groups in total. The maximum atomic E-state index is 11.7. The van der Waals surface area contributed by atoms with E-state index in [4.69, 9.17) is 5.11 Å². The smallest absolute Gasteiger partial charge is 0.324 e. The van der Waals surface area contributed by atoms with Crippen LogP contribution in [0.4, 0.5) is 4.79 Å². The van der Waals surface area contributed by atoms with E-state index in [1.54, 1.807) is 7.05 Å². The van der Waals surface area contributed by atoms with E-state index in [1.807, 2.05) is 12.3 Å². The summed E-state index contributed by atoms with van der Waals surface area (Å²) in [4.78, 5) is 39.0. The number of nitrogens with zero attached hydrogens (tertiary/aromatic N) is 2. The lowest BCUT2D eigenvalue weighted by atomic mass is 10.2. The summed E-state index contributed by atoms with van der Waals surface area (Å²) in [6.45, 7) is 2.19. The summed E-state index contributed by atoms with van der Waals surface area (Å²) in [5.41, 5.74) is 0.767. The Morgan fingerprint density at radius 3 is 2.65 bits per heavy atom. The lowest BCUT2D eigenvalue weighted by Crippen LogP contribution is -2.40. The molecule has 0 fully saturated rings. The highest BCUT2D eigenvalue weighted by Crippen LogP contribution is 2.09. The van der Waals surface area contributed by atoms with Crippen LogP contribution in [0.25, 0.3) is 0 Å². The number of thiazole rings is 1. The van der Waals surface area contributed by atoms with Crippen molar-refractivity contribution in [2.75, 3.05) is 7.05 Å². The van der Waals surface area contributed by atoms with Gasteiger partial charge in [0.25, 0.3) is 0 Å². The summed E-state index contributed by atoms with van der Waals surface area (Å²) >= 11 is 1.49. The molecule has 0 aliphatic rings. The standard InChI is InChI=1S/C12H17N3O4S/c1-8-13-9(7-20-8)6-15(2)12(19)14-10(16)4-3-5-11(17)18/h7H,3-6H2,1-2H3,(H,17,18)(H,14,16,19). The molecular formula is C12H17N3O4S. The molecule has 1 heterocycles. The van der Waals surface area contributed by atoms with Gasteiger partial charge in [-0.3, -0.25) is 14.9 Å². The Balaban J connectivity index is 2.33. The molecule has 8 heteroatoms. The maximum Gasteiger partial charge on any atom is 0.324 e. The van der Waals surface area contributed by atoms with Crippen LogP contribution in [0, 0.1) is 6.92 Å². The molecule has 0 spiro atoms. The maximum absolute atomic E-state index is 11.7. The molecular weight excluding hydrogens is 282 g/mol. The molecule has 0 atom stereocenters. The van der Waals surface area contributed by atoms with Crippen molar-refractivity contribution >= 4 is 29.2 Å². The van der Waals surface area contributed by atoms with Gasteiger partial charge in [0, 0.05) is 25.3 Å². The second kappa shape index (κ2) is 7.59. The summed E-state index contributed by atoms with van der Waals surface area (Å²) in [6, 6.07) is -0.518. The molecule has 0 radical (unpaired) electrons. The quantitative estimate of drug-likeness (QED) is 0.826. The number of carbonyl (C=O) groups is 3. The number of carboxylic acids is 1. The Kier molecular flexibility index (Phi) is 6.10. The van der Waals surface area contributed by atoms with Crippen LogP contribution >= 0.6 is 11.3 Å². The van der Waals surface area contributed by atoms with Crippen molar-refractivity contribution in [1.29, 1.82) is 0 Å². The number of aromatic nitrogens is 1. The van der Waals surface area contributed by atoms with Crippen LogP contribution in [0.3, 0.4) is 0 Å². The Bertz CT molecular complexity index is 501. The summed E-state index contributed by atoms with van der Waals surface area (Å²) in [7, 11) is 1.56. The minimum atomic E-state index is -0.958. The Labute approximate surface area is 120 Å². The van der Waals surface area contributed by atoms with Gasteiger partial charge in [0.2, 0.25) is 5.91 Å². The first-order valence-electron chi connectivity index (χ1n) is 6.06. The molecule has 0 saturated heterocycles. The lowest BCUT2D eigenvalue weighted by molar-refractivity contribution is -0.137. The Morgan fingerprint density at radius 1 is 1.40 bits per heavy atom. The second-order valence-corrected chi connectivity index (χ2v) is 5.38. The summed E-state index contributed by atoms with van der Waals surface area (Å²) in [5, 5.41) is 13.4. The topological polar surface area (TPSA) is 99.6 Å². The van der Waals surface area contributed by atoms with Crippen molar-refractivity contribution in [3.8, 4) is 0 Å². The molecule has 1 rings (SSSR count). The first-order chi connectivity index (χ1) is 9.38. The van der Waals surface area contributed by atoms with Crippen LogP contribution in [0.1, 0.15) is 30.0 Å². The molecule has 0 aliphatic carbocycles. The van der Waals surface area contributed by atoms with Crippen LogP contribution in [-0.4, -0.2) is 39.9 Å². The van der Waals surface area contributed by atoms with Gasteiger partial charge in [-0.25, -0.2) is 9.78 Å². The second-order valence-electron chi connectivity index (χ2n) is 4.31. The Morgan fingerprint density at radius 2 is 2.10 bits per heavy atom. The van der Waals surface area contributed by atoms with E-state index >= 15 is 0 Å². The summed E-state index contributed by atoms with van der Waals surface area (Å²) in [6.07, 6.45) is 0.140. The fraction of sp³-hybridized carbons (Fsp3) is 0.500. The van der Waals surface area contributed by atoms with E-state index in [-0.39, 0.29) is 19.3 Å². The van der Waals surface area contributed by atoms with Gasteiger partial charge in [-0.1, -0.05) is 0 Å². The first kappa shape index (κ1) is 16.1. The molecule has 20 heavy (non-hydrogen) atoms. The summed E-state index contributed by atoms with van der Waals surface area (Å²) in [5.74, 6) is -1.43. The van der Waals surface area contributed by atoms with Crippen LogP contribution in [0.15, 0.2) is 5.38 Å². The lowest BCUT2D eigenvalue weighted by Gasteiger charge is -2.15. The van der Waals surface area contributed by atoms with Gasteiger partial charge in [0.15, 0.2) is 0 Å². The largest absolute Gasteiger partial charge is 0.481 e. The number of imide groups is 1. The number of carbonyl (C=O) groups excluding carboxylic acids is 2. The highest BCUT2D eigenvalue weighted by atomic mass is 32.1. The minimum absolute atomic E-state index is 0.0156. The minimum Gasteiger partial charge on any atom is -0.481 e. The molecule has 3 amide bonds. The SMILES string of the molecule is Cc1nc(CN(C)C(=O)NC(=O)CCCC(=O)O)cs1. The zero-order chi connectivity index (χ0) is 15.1. The van der Waals surface area contributed by atoms with Gasteiger partial charge in [-0.05, 0) is 13.3 Å². The number of amides is 3. The van der Waals surface area contributed by atoms with Crippen LogP contribution in [0.2, 0.25) is 0 Å². The fourth-order valence-corrected chi connectivity index (χ4v) is 2.08. The molecule has 7 nitrogen and oxygen atoms in total. The van der Waals surface area contributed by atoms with E-state index in [1.165, 1.54) is 16.2 Å². The molecule has 1 aromatic heterocycles. The van der Waals surface area contributed by atoms with Crippen molar-refractivity contribution in [2.45, 2.75) is 32.7 Å². The highest BCUT2D eigenvalue weighted by Gasteiger charge is 2.14. The van der Waals surface area contributed by atoms with Gasteiger partial charge in [0.1, 0.15) is 0 Å². The molecule has 1 aromatic rings. The normalized spacial score (nSPS) is 10.1. The van der Waals surface area contributed by atoms with Gasteiger partial charge in [-0.2, -0.15) is 0 Å². The number of carboxylic acid groups (broad SMARTS) is 1. The predicted molar refractivity (Wildman–Crippen MR) is 73.3 cm³/mol. The predicted octanol–water partition coefficient (Wildman–Crippen LogP) is 1.37. The number of nitrogens with one attached hydrogen (secondary N) is 1. The van der Waals surface area contributed by atoms with Crippen molar-refractivity contribution < 1.29 is 19.5 Å². The van der Waals surface area contributed by atoms with Gasteiger partial charge in [-0.15, -0.1) is 11.3 Å². The average Bonchev–Trinajstić information content (AvgIpc) is 2.74. The van der Waals surface area contributed by atoms with Crippen molar-refractivity contribution in [3.63, 3.8) is 0 Å². The molecule has 0 saturated carbocycles. The van der Waals surface area contributed by atoms with Crippen molar-refractivity contribution in [3.05, 3.63) is 16.1 Å². The first-order valence-corrected chi connectivity index (χ1v) is 6.94. The van der Waals surface area contributed by atoms with E-state index in [2.05, 4.69) is 10.3 Å². The highest BCUT2D eigenvalue weighted by molar-refractivity contribution is 7.09. The monoisotopic (exact) mass is 299 g/mol. The summed E-state index contributed by atoms with van der Waals surface area (Å²) < 4.78 is 0. The van der Waals surface area contributed by atoms with E-state index in [9.17, 15) is 14.4 Å². The third-order valence-electron chi connectivity index (χ3n) is 2.45. The van der Waals surface area contributed by atoms with Gasteiger partial charge >= 0.3 is 12.0 Å². The Hall–Kier alpha value is -1.96. The van der Waals surface area contributed by atoms with E-state index in [0.29, 0.717) is 6.54 Å². The van der Waals surface area contributed by atoms with Gasteiger partial charge in [0.05, 0.1) is 17.2 Å². The van der Waals surface area contributed by atoms with E-state index in [0.717, 1.165) is 10.7 Å².